The van der Waals surface area contributed by atoms with E-state index in [0.717, 1.165) is 30.0 Å². The lowest BCUT2D eigenvalue weighted by molar-refractivity contribution is 0.346. The van der Waals surface area contributed by atoms with Gasteiger partial charge in [0.2, 0.25) is 10.0 Å². The number of aliphatic imine (C=N–C) groups is 1. The summed E-state index contributed by atoms with van der Waals surface area (Å²) in [6, 6.07) is 17.9. The van der Waals surface area contributed by atoms with Crippen molar-refractivity contribution < 1.29 is 13.5 Å². The van der Waals surface area contributed by atoms with Crippen LogP contribution in [0.2, 0.25) is 0 Å². The average Bonchev–Trinajstić information content (AvgIpc) is 2.74. The van der Waals surface area contributed by atoms with Crippen molar-refractivity contribution in [1.29, 1.82) is 0 Å². The predicted molar refractivity (Wildman–Crippen MR) is 112 cm³/mol. The van der Waals surface area contributed by atoms with Crippen LogP contribution in [0.5, 0.6) is 5.75 Å². The van der Waals surface area contributed by atoms with E-state index < -0.39 is 10.0 Å². The van der Waals surface area contributed by atoms with Gasteiger partial charge in [-0.1, -0.05) is 36.8 Å². The molecule has 144 valence electrons. The van der Waals surface area contributed by atoms with Gasteiger partial charge in [0.1, 0.15) is 5.75 Å². The fourth-order valence-corrected chi connectivity index (χ4v) is 5.03. The van der Waals surface area contributed by atoms with Crippen LogP contribution in [0, 0.1) is 0 Å². The maximum Gasteiger partial charge on any atom is 0.243 e. The van der Waals surface area contributed by atoms with Crippen molar-refractivity contribution in [2.45, 2.75) is 24.2 Å². The van der Waals surface area contributed by atoms with E-state index in [0.29, 0.717) is 29.2 Å². The molecule has 6 heteroatoms. The number of nitrogens with zero attached hydrogens (tertiary/aromatic N) is 2. The summed E-state index contributed by atoms with van der Waals surface area (Å²) >= 11 is 0. The summed E-state index contributed by atoms with van der Waals surface area (Å²) in [5, 5.41) is 12.1. The number of rotatable bonds is 4. The summed E-state index contributed by atoms with van der Waals surface area (Å²) in [6.45, 7) is 1.17. The monoisotopic (exact) mass is 394 g/mol. The molecule has 1 fully saturated rings. The van der Waals surface area contributed by atoms with Gasteiger partial charge in [0.15, 0.2) is 0 Å². The molecule has 0 unspecified atom stereocenters. The Morgan fingerprint density at radius 1 is 0.893 bits per heavy atom. The molecule has 4 rings (SSSR count). The van der Waals surface area contributed by atoms with Crippen LogP contribution in [0.15, 0.2) is 70.6 Å². The number of fused-ring (bicyclic) bond motifs is 1. The van der Waals surface area contributed by atoms with E-state index in [-0.39, 0.29) is 5.75 Å². The zero-order chi connectivity index (χ0) is 19.6. The molecule has 3 aromatic carbocycles. The van der Waals surface area contributed by atoms with Crippen LogP contribution in [-0.2, 0) is 10.0 Å². The van der Waals surface area contributed by atoms with Crippen LogP contribution in [0.4, 0.5) is 5.69 Å². The molecule has 1 saturated heterocycles. The van der Waals surface area contributed by atoms with Crippen LogP contribution in [0.3, 0.4) is 0 Å². The fraction of sp³-hybridized carbons (Fsp3) is 0.227. The van der Waals surface area contributed by atoms with Gasteiger partial charge >= 0.3 is 0 Å². The highest BCUT2D eigenvalue weighted by molar-refractivity contribution is 7.89. The van der Waals surface area contributed by atoms with Crippen LogP contribution >= 0.6 is 0 Å². The molecule has 3 aromatic rings. The number of aromatic hydroxyl groups is 1. The molecule has 0 bridgehead atoms. The number of benzene rings is 3. The van der Waals surface area contributed by atoms with Crippen LogP contribution in [-0.4, -0.2) is 37.1 Å². The molecule has 0 amide bonds. The summed E-state index contributed by atoms with van der Waals surface area (Å²) < 4.78 is 27.0. The number of phenols is 1. The fourth-order valence-electron chi connectivity index (χ4n) is 3.52. The van der Waals surface area contributed by atoms with E-state index in [9.17, 15) is 13.5 Å². The van der Waals surface area contributed by atoms with E-state index in [4.69, 9.17) is 0 Å². The quantitative estimate of drug-likeness (QED) is 0.664. The highest BCUT2D eigenvalue weighted by atomic mass is 32.2. The third-order valence-electron chi connectivity index (χ3n) is 5.08. The van der Waals surface area contributed by atoms with Crippen molar-refractivity contribution >= 4 is 32.7 Å². The first-order valence-electron chi connectivity index (χ1n) is 9.41. The van der Waals surface area contributed by atoms with Crippen molar-refractivity contribution in [1.82, 2.24) is 4.31 Å². The third kappa shape index (κ3) is 3.66. The molecule has 28 heavy (non-hydrogen) atoms. The second kappa shape index (κ2) is 7.73. The van der Waals surface area contributed by atoms with Gasteiger partial charge in [-0.25, -0.2) is 8.42 Å². The molecule has 1 aliphatic heterocycles. The van der Waals surface area contributed by atoms with Gasteiger partial charge in [-0.15, -0.1) is 0 Å². The molecule has 1 heterocycles. The summed E-state index contributed by atoms with van der Waals surface area (Å²) in [5.74, 6) is 0.159. The Morgan fingerprint density at radius 2 is 1.61 bits per heavy atom. The second-order valence-electron chi connectivity index (χ2n) is 6.94. The van der Waals surface area contributed by atoms with Crippen molar-refractivity contribution in [3.8, 4) is 5.75 Å². The number of sulfonamides is 1. The molecule has 0 radical (unpaired) electrons. The molecule has 1 aliphatic rings. The van der Waals surface area contributed by atoms with Gasteiger partial charge in [-0.05, 0) is 53.9 Å². The first-order valence-corrected chi connectivity index (χ1v) is 10.8. The lowest BCUT2D eigenvalue weighted by Gasteiger charge is -2.25. The first kappa shape index (κ1) is 18.7. The summed E-state index contributed by atoms with van der Waals surface area (Å²) in [6.07, 6.45) is 4.53. The van der Waals surface area contributed by atoms with E-state index >= 15 is 0 Å². The Bertz CT molecular complexity index is 1120. The predicted octanol–water partition coefficient (Wildman–Crippen LogP) is 4.47. The number of piperidine rings is 1. The van der Waals surface area contributed by atoms with Gasteiger partial charge in [0, 0.05) is 24.9 Å². The Kier molecular flexibility index (Phi) is 5.15. The van der Waals surface area contributed by atoms with Crippen molar-refractivity contribution in [3.63, 3.8) is 0 Å². The maximum absolute atomic E-state index is 12.7. The molecule has 0 saturated carbocycles. The molecule has 5 nitrogen and oxygen atoms in total. The maximum atomic E-state index is 12.7. The van der Waals surface area contributed by atoms with Crippen LogP contribution < -0.4 is 0 Å². The first-order chi connectivity index (χ1) is 13.6. The molecular weight excluding hydrogens is 372 g/mol. The standard InChI is InChI=1S/C22H22N2O3S/c25-22-13-8-17-6-2-3-7-20(17)21(22)16-23-18-9-11-19(12-10-18)28(26,27)24-14-4-1-5-15-24/h2-3,6-13,16,25H,1,4-5,14-15H2. The lowest BCUT2D eigenvalue weighted by Crippen LogP contribution is -2.35. The van der Waals surface area contributed by atoms with Gasteiger partial charge in [-0.3, -0.25) is 4.99 Å². The van der Waals surface area contributed by atoms with Crippen LogP contribution in [0.25, 0.3) is 10.8 Å². The Morgan fingerprint density at radius 3 is 2.36 bits per heavy atom. The van der Waals surface area contributed by atoms with Gasteiger partial charge in [-0.2, -0.15) is 4.31 Å². The Hall–Kier alpha value is -2.70. The van der Waals surface area contributed by atoms with Gasteiger partial charge in [0.25, 0.3) is 0 Å². The molecule has 0 aliphatic carbocycles. The minimum Gasteiger partial charge on any atom is -0.507 e. The normalized spacial score (nSPS) is 16.0. The van der Waals surface area contributed by atoms with Gasteiger partial charge < -0.3 is 5.11 Å². The van der Waals surface area contributed by atoms with Crippen molar-refractivity contribution in [2.75, 3.05) is 13.1 Å². The Labute approximate surface area is 165 Å². The number of hydrogen-bond donors (Lipinski definition) is 1. The molecule has 0 atom stereocenters. The largest absolute Gasteiger partial charge is 0.507 e. The molecule has 0 aromatic heterocycles. The molecule has 1 N–H and O–H groups in total. The SMILES string of the molecule is O=S(=O)(c1ccc(N=Cc2c(O)ccc3ccccc23)cc1)N1CCCCC1. The number of hydrogen-bond acceptors (Lipinski definition) is 4. The number of phenolic OH excluding ortho intramolecular Hbond substituents is 1. The highest BCUT2D eigenvalue weighted by Crippen LogP contribution is 2.27. The van der Waals surface area contributed by atoms with Crippen molar-refractivity contribution in [3.05, 3.63) is 66.2 Å². The summed E-state index contributed by atoms with van der Waals surface area (Å²) in [7, 11) is -3.44. The van der Waals surface area contributed by atoms with Gasteiger partial charge in [0.05, 0.1) is 10.6 Å². The lowest BCUT2D eigenvalue weighted by atomic mass is 10.0. The average molecular weight is 394 g/mol. The highest BCUT2D eigenvalue weighted by Gasteiger charge is 2.25. The smallest absolute Gasteiger partial charge is 0.243 e. The summed E-state index contributed by atoms with van der Waals surface area (Å²) in [5.41, 5.74) is 1.27. The van der Waals surface area contributed by atoms with E-state index in [1.807, 2.05) is 30.3 Å². The zero-order valence-corrected chi connectivity index (χ0v) is 16.3. The van der Waals surface area contributed by atoms with E-state index in [1.165, 1.54) is 0 Å². The summed E-state index contributed by atoms with van der Waals surface area (Å²) in [4.78, 5) is 4.72. The molecule has 0 spiro atoms. The topological polar surface area (TPSA) is 70.0 Å². The zero-order valence-electron chi connectivity index (χ0n) is 15.5. The van der Waals surface area contributed by atoms with Crippen LogP contribution in [0.1, 0.15) is 24.8 Å². The van der Waals surface area contributed by atoms with E-state index in [1.54, 1.807) is 40.9 Å². The minimum absolute atomic E-state index is 0.159. The van der Waals surface area contributed by atoms with Crippen molar-refractivity contribution in [2.24, 2.45) is 4.99 Å². The third-order valence-corrected chi connectivity index (χ3v) is 6.99. The second-order valence-corrected chi connectivity index (χ2v) is 8.87. The molecular formula is C22H22N2O3S. The minimum atomic E-state index is -3.44. The Balaban J connectivity index is 1.60. The van der Waals surface area contributed by atoms with E-state index in [2.05, 4.69) is 4.99 Å².